The average Bonchev–Trinajstić information content (AvgIpc) is 3.40. The second kappa shape index (κ2) is 10.6. The average molecular weight is 545 g/mol. The number of benzene rings is 2. The highest BCUT2D eigenvalue weighted by Crippen LogP contribution is 2.42. The summed E-state index contributed by atoms with van der Waals surface area (Å²) >= 11 is 6.13. The Morgan fingerprint density at radius 3 is 2.71 bits per heavy atom. The summed E-state index contributed by atoms with van der Waals surface area (Å²) in [5.41, 5.74) is 0.552. The van der Waals surface area contributed by atoms with Crippen molar-refractivity contribution in [1.29, 1.82) is 0 Å². The van der Waals surface area contributed by atoms with Crippen molar-refractivity contribution in [1.82, 2.24) is 20.2 Å². The number of amides is 1. The number of halogens is 1. The summed E-state index contributed by atoms with van der Waals surface area (Å²) in [6, 6.07) is 9.74. The Morgan fingerprint density at radius 1 is 1.18 bits per heavy atom. The number of carbonyl (C=O) groups is 1. The van der Waals surface area contributed by atoms with Crippen molar-refractivity contribution >= 4 is 17.5 Å². The highest BCUT2D eigenvalue weighted by molar-refractivity contribution is 6.30. The lowest BCUT2D eigenvalue weighted by atomic mass is 9.87. The molecule has 1 fully saturated rings. The van der Waals surface area contributed by atoms with Crippen molar-refractivity contribution in [3.8, 4) is 23.1 Å². The van der Waals surface area contributed by atoms with Crippen molar-refractivity contribution < 1.29 is 29.6 Å². The summed E-state index contributed by atoms with van der Waals surface area (Å²) in [5, 5.41) is 33.5. The van der Waals surface area contributed by atoms with E-state index in [1.165, 1.54) is 18.2 Å². The van der Waals surface area contributed by atoms with Gasteiger partial charge in [0.2, 0.25) is 5.88 Å². The van der Waals surface area contributed by atoms with E-state index in [0.717, 1.165) is 43.7 Å². The van der Waals surface area contributed by atoms with E-state index in [0.29, 0.717) is 11.6 Å². The van der Waals surface area contributed by atoms with Gasteiger partial charge in [0, 0.05) is 50.0 Å². The van der Waals surface area contributed by atoms with Crippen molar-refractivity contribution in [2.75, 3.05) is 26.2 Å². The molecular formula is C26H29ClN4O7. The highest BCUT2D eigenvalue weighted by atomic mass is 35.5. The maximum absolute atomic E-state index is 12.7. The fourth-order valence-electron chi connectivity index (χ4n) is 4.98. The first-order valence-corrected chi connectivity index (χ1v) is 12.7. The minimum absolute atomic E-state index is 0.0856. The van der Waals surface area contributed by atoms with Crippen molar-refractivity contribution in [2.45, 2.75) is 37.5 Å². The number of β-amino-alcohol motifs (C(OH)–C–C–N with tert-alkyl or cyclic N) is 1. The van der Waals surface area contributed by atoms with Gasteiger partial charge >= 0.3 is 5.69 Å². The SMILES string of the molecule is O=C(NCc1[nH]c(=O)[nH]c1O)c1ccc(O)cc1OC[C@@H](O)CN1CCC2(CC1)Cc1cc(Cl)ccc1O2. The number of nitrogens with zero attached hydrogens (tertiary/aromatic N) is 1. The molecular weight excluding hydrogens is 516 g/mol. The first kappa shape index (κ1) is 26.0. The van der Waals surface area contributed by atoms with Crippen molar-refractivity contribution in [2.24, 2.45) is 0 Å². The molecule has 0 bridgehead atoms. The maximum atomic E-state index is 12.7. The van der Waals surface area contributed by atoms with Crippen LogP contribution < -0.4 is 20.5 Å². The van der Waals surface area contributed by atoms with Crippen LogP contribution in [0.2, 0.25) is 5.02 Å². The van der Waals surface area contributed by atoms with Crippen LogP contribution in [0.15, 0.2) is 41.2 Å². The third kappa shape index (κ3) is 5.74. The van der Waals surface area contributed by atoms with Gasteiger partial charge in [-0.25, -0.2) is 4.79 Å². The zero-order chi connectivity index (χ0) is 26.9. The number of rotatable bonds is 8. The van der Waals surface area contributed by atoms with Gasteiger partial charge in [-0.05, 0) is 35.9 Å². The number of hydrogen-bond donors (Lipinski definition) is 6. The summed E-state index contributed by atoms with van der Waals surface area (Å²) in [6.07, 6.45) is 1.65. The van der Waals surface area contributed by atoms with Gasteiger partial charge in [-0.3, -0.25) is 9.78 Å². The standard InChI is InChI=1S/C26H29ClN4O7/c27-16-1-4-21-15(9-16)11-26(38-21)5-7-31(8-6-26)13-18(33)14-37-22-10-17(32)2-3-19(22)23(34)28-12-20-24(35)30-25(36)29-20/h1-4,9-10,18,32-33,35H,5-8,11-14H2,(H,28,34)(H2,29,30,36)/t18-/m0/s1. The van der Waals surface area contributed by atoms with E-state index in [2.05, 4.69) is 20.2 Å². The zero-order valence-electron chi connectivity index (χ0n) is 20.5. The van der Waals surface area contributed by atoms with E-state index in [4.69, 9.17) is 21.1 Å². The van der Waals surface area contributed by atoms with E-state index in [1.807, 2.05) is 18.2 Å². The topological polar surface area (TPSA) is 160 Å². The summed E-state index contributed by atoms with van der Waals surface area (Å²) in [7, 11) is 0. The quantitative estimate of drug-likeness (QED) is 0.251. The predicted molar refractivity (Wildman–Crippen MR) is 138 cm³/mol. The number of piperidine rings is 1. The molecule has 1 aromatic heterocycles. The minimum atomic E-state index is -0.829. The molecule has 3 aromatic rings. The zero-order valence-corrected chi connectivity index (χ0v) is 21.3. The number of carbonyl (C=O) groups excluding carboxylic acids is 1. The number of H-pyrrole nitrogens is 2. The molecule has 1 atom stereocenters. The Morgan fingerprint density at radius 2 is 1.97 bits per heavy atom. The molecule has 1 saturated heterocycles. The lowest BCUT2D eigenvalue weighted by Crippen LogP contribution is -2.49. The van der Waals surface area contributed by atoms with Crippen LogP contribution in [0.3, 0.4) is 0 Å². The molecule has 5 rings (SSSR count). The summed E-state index contributed by atoms with van der Waals surface area (Å²) in [5.74, 6) is -0.0188. The van der Waals surface area contributed by atoms with Gasteiger partial charge in [0.25, 0.3) is 5.91 Å². The fraction of sp³-hybridized carbons (Fsp3) is 0.385. The first-order chi connectivity index (χ1) is 18.2. The van der Waals surface area contributed by atoms with E-state index < -0.39 is 17.7 Å². The number of nitrogens with one attached hydrogen (secondary N) is 3. The molecule has 3 heterocycles. The van der Waals surface area contributed by atoms with Gasteiger partial charge in [0.15, 0.2) is 0 Å². The van der Waals surface area contributed by atoms with E-state index in [9.17, 15) is 24.9 Å². The van der Waals surface area contributed by atoms with Gasteiger partial charge in [-0.15, -0.1) is 0 Å². The molecule has 12 heteroatoms. The third-order valence-electron chi connectivity index (χ3n) is 6.95. The van der Waals surface area contributed by atoms with Crippen molar-refractivity contribution in [3.05, 3.63) is 68.7 Å². The van der Waals surface area contributed by atoms with Crippen LogP contribution in [0.1, 0.15) is 34.5 Å². The van der Waals surface area contributed by atoms with Crippen LogP contribution in [0.4, 0.5) is 0 Å². The van der Waals surface area contributed by atoms with E-state index >= 15 is 0 Å². The Balaban J connectivity index is 1.12. The number of aromatic nitrogens is 2. The van der Waals surface area contributed by atoms with Crippen LogP contribution in [0.5, 0.6) is 23.1 Å². The number of imidazole rings is 1. The Bertz CT molecular complexity index is 1380. The third-order valence-corrected chi connectivity index (χ3v) is 7.18. The van der Waals surface area contributed by atoms with E-state index in [1.54, 1.807) is 0 Å². The summed E-state index contributed by atoms with van der Waals surface area (Å²) in [6.45, 7) is 1.68. The van der Waals surface area contributed by atoms with Gasteiger partial charge in [-0.2, -0.15) is 0 Å². The molecule has 0 unspecified atom stereocenters. The summed E-state index contributed by atoms with van der Waals surface area (Å²) in [4.78, 5) is 30.7. The number of ether oxygens (including phenoxy) is 2. The lowest BCUT2D eigenvalue weighted by molar-refractivity contribution is -0.00200. The number of hydrogen-bond acceptors (Lipinski definition) is 8. The number of aromatic amines is 2. The number of phenolic OH excluding ortho intramolecular Hbond substituents is 1. The molecule has 38 heavy (non-hydrogen) atoms. The minimum Gasteiger partial charge on any atom is -0.508 e. The van der Waals surface area contributed by atoms with Crippen LogP contribution in [-0.4, -0.2) is 74.0 Å². The highest BCUT2D eigenvalue weighted by Gasteiger charge is 2.42. The van der Waals surface area contributed by atoms with E-state index in [-0.39, 0.29) is 47.4 Å². The Kier molecular flexibility index (Phi) is 7.24. The van der Waals surface area contributed by atoms with Crippen LogP contribution >= 0.6 is 11.6 Å². The monoisotopic (exact) mass is 544 g/mol. The van der Waals surface area contributed by atoms with Gasteiger partial charge in [-0.1, -0.05) is 11.6 Å². The fourth-order valence-corrected chi connectivity index (χ4v) is 5.18. The molecule has 1 spiro atoms. The normalized spacial score (nSPS) is 17.1. The predicted octanol–water partition coefficient (Wildman–Crippen LogP) is 1.91. The van der Waals surface area contributed by atoms with Crippen LogP contribution in [-0.2, 0) is 13.0 Å². The van der Waals surface area contributed by atoms with Crippen LogP contribution in [0, 0.1) is 0 Å². The molecule has 202 valence electrons. The molecule has 6 N–H and O–H groups in total. The van der Waals surface area contributed by atoms with Gasteiger partial charge < -0.3 is 40.0 Å². The number of likely N-dealkylation sites (tertiary alicyclic amines) is 1. The second-order valence-electron chi connectivity index (χ2n) is 9.75. The number of aliphatic hydroxyl groups excluding tert-OH is 1. The second-order valence-corrected chi connectivity index (χ2v) is 10.2. The van der Waals surface area contributed by atoms with Crippen LogP contribution in [0.25, 0.3) is 0 Å². The molecule has 11 nitrogen and oxygen atoms in total. The molecule has 1 amide bonds. The first-order valence-electron chi connectivity index (χ1n) is 12.3. The van der Waals surface area contributed by atoms with Gasteiger partial charge in [0.05, 0.1) is 17.8 Å². The number of aromatic hydroxyl groups is 2. The molecule has 0 radical (unpaired) electrons. The Labute approximate surface area is 223 Å². The number of phenols is 1. The molecule has 2 aliphatic heterocycles. The maximum Gasteiger partial charge on any atom is 0.326 e. The molecule has 2 aromatic carbocycles. The Hall–Kier alpha value is -3.67. The molecule has 0 saturated carbocycles. The largest absolute Gasteiger partial charge is 0.508 e. The molecule has 0 aliphatic carbocycles. The van der Waals surface area contributed by atoms with Gasteiger partial charge in [0.1, 0.15) is 35.6 Å². The number of fused-ring (bicyclic) bond motifs is 1. The lowest BCUT2D eigenvalue weighted by Gasteiger charge is -2.39. The van der Waals surface area contributed by atoms with Crippen molar-refractivity contribution in [3.63, 3.8) is 0 Å². The number of aliphatic hydroxyl groups is 1. The molecule has 2 aliphatic rings. The summed E-state index contributed by atoms with van der Waals surface area (Å²) < 4.78 is 12.0. The smallest absolute Gasteiger partial charge is 0.326 e.